The highest BCUT2D eigenvalue weighted by Crippen LogP contribution is 2.48. The van der Waals surface area contributed by atoms with E-state index < -0.39 is 5.41 Å². The van der Waals surface area contributed by atoms with Crippen LogP contribution in [0.15, 0.2) is 35.7 Å². The van der Waals surface area contributed by atoms with E-state index in [1.807, 2.05) is 35.7 Å². The van der Waals surface area contributed by atoms with Crippen LogP contribution in [0.25, 0.3) is 0 Å². The van der Waals surface area contributed by atoms with Crippen LogP contribution in [0.1, 0.15) is 21.7 Å². The van der Waals surface area contributed by atoms with Gasteiger partial charge in [0.25, 0.3) is 5.91 Å². The van der Waals surface area contributed by atoms with Gasteiger partial charge in [-0.15, -0.1) is 11.3 Å². The number of anilines is 1. The monoisotopic (exact) mass is 342 g/mol. The number of rotatable bonds is 2. The maximum absolute atomic E-state index is 13.0. The SMILES string of the molecule is COc1ccc2c(c1)[C@]1(CCN(C(=O)c3cccs3)C1)C(=O)N2C. The number of carbonyl (C=O) groups is 2. The minimum atomic E-state index is -0.647. The van der Waals surface area contributed by atoms with Crippen molar-refractivity contribution in [2.24, 2.45) is 0 Å². The molecule has 3 heterocycles. The highest BCUT2D eigenvalue weighted by atomic mass is 32.1. The molecule has 1 fully saturated rings. The van der Waals surface area contributed by atoms with E-state index in [-0.39, 0.29) is 11.8 Å². The van der Waals surface area contributed by atoms with Crippen LogP contribution in [-0.2, 0) is 10.2 Å². The Kier molecular flexibility index (Phi) is 3.38. The molecular formula is C18H18N2O3S. The molecule has 1 spiro atoms. The number of ether oxygens (including phenoxy) is 1. The summed E-state index contributed by atoms with van der Waals surface area (Å²) in [7, 11) is 3.42. The third kappa shape index (κ3) is 1.99. The van der Waals surface area contributed by atoms with E-state index in [9.17, 15) is 9.59 Å². The highest BCUT2D eigenvalue weighted by Gasteiger charge is 2.54. The molecule has 2 aliphatic heterocycles. The van der Waals surface area contributed by atoms with Crippen molar-refractivity contribution in [1.29, 1.82) is 0 Å². The Morgan fingerprint density at radius 2 is 2.17 bits per heavy atom. The largest absolute Gasteiger partial charge is 0.497 e. The number of methoxy groups -OCH3 is 1. The number of benzene rings is 1. The van der Waals surface area contributed by atoms with E-state index >= 15 is 0 Å². The van der Waals surface area contributed by atoms with E-state index in [4.69, 9.17) is 4.74 Å². The van der Waals surface area contributed by atoms with Crippen molar-refractivity contribution >= 4 is 28.8 Å². The van der Waals surface area contributed by atoms with Gasteiger partial charge in [-0.1, -0.05) is 6.07 Å². The van der Waals surface area contributed by atoms with Crippen LogP contribution in [0.2, 0.25) is 0 Å². The average Bonchev–Trinajstić information content (AvgIpc) is 3.32. The summed E-state index contributed by atoms with van der Waals surface area (Å²) in [6.07, 6.45) is 0.646. The molecular weight excluding hydrogens is 324 g/mol. The summed E-state index contributed by atoms with van der Waals surface area (Å²) >= 11 is 1.44. The van der Waals surface area contributed by atoms with Crippen LogP contribution in [0.3, 0.4) is 0 Å². The lowest BCUT2D eigenvalue weighted by Crippen LogP contribution is -2.42. The van der Waals surface area contributed by atoms with E-state index in [1.54, 1.807) is 24.0 Å². The van der Waals surface area contributed by atoms with Crippen molar-refractivity contribution in [2.45, 2.75) is 11.8 Å². The van der Waals surface area contributed by atoms with Crippen LogP contribution in [-0.4, -0.2) is 44.0 Å². The number of amides is 2. The molecule has 2 aliphatic rings. The molecule has 0 unspecified atom stereocenters. The van der Waals surface area contributed by atoms with Gasteiger partial charge < -0.3 is 14.5 Å². The van der Waals surface area contributed by atoms with Crippen molar-refractivity contribution in [2.75, 3.05) is 32.1 Å². The third-order valence-electron chi connectivity index (χ3n) is 5.08. The molecule has 1 atom stereocenters. The zero-order valence-electron chi connectivity index (χ0n) is 13.6. The Bertz CT molecular complexity index is 818. The molecule has 1 saturated heterocycles. The van der Waals surface area contributed by atoms with Gasteiger partial charge in [0, 0.05) is 25.8 Å². The van der Waals surface area contributed by atoms with Gasteiger partial charge in [-0.2, -0.15) is 0 Å². The summed E-state index contributed by atoms with van der Waals surface area (Å²) in [6, 6.07) is 9.43. The van der Waals surface area contributed by atoms with Gasteiger partial charge in [0.15, 0.2) is 0 Å². The molecule has 1 aromatic carbocycles. The normalized spacial score (nSPS) is 22.3. The molecule has 0 aliphatic carbocycles. The van der Waals surface area contributed by atoms with Crippen LogP contribution in [0.5, 0.6) is 5.75 Å². The van der Waals surface area contributed by atoms with Crippen molar-refractivity contribution in [3.63, 3.8) is 0 Å². The molecule has 1 aromatic heterocycles. The topological polar surface area (TPSA) is 49.9 Å². The molecule has 5 nitrogen and oxygen atoms in total. The quantitative estimate of drug-likeness (QED) is 0.843. The van der Waals surface area contributed by atoms with E-state index in [2.05, 4.69) is 0 Å². The van der Waals surface area contributed by atoms with Crippen LogP contribution < -0.4 is 9.64 Å². The first-order chi connectivity index (χ1) is 11.6. The Labute approximate surface area is 144 Å². The fourth-order valence-electron chi connectivity index (χ4n) is 3.80. The number of hydrogen-bond donors (Lipinski definition) is 0. The van der Waals surface area contributed by atoms with Gasteiger partial charge in [-0.05, 0) is 41.6 Å². The summed E-state index contributed by atoms with van der Waals surface area (Å²) in [5.41, 5.74) is 1.23. The van der Waals surface area contributed by atoms with Crippen LogP contribution in [0, 0.1) is 0 Å². The maximum Gasteiger partial charge on any atom is 0.263 e. The lowest BCUT2D eigenvalue weighted by Gasteiger charge is -2.23. The van der Waals surface area contributed by atoms with Crippen molar-refractivity contribution < 1.29 is 14.3 Å². The average molecular weight is 342 g/mol. The number of likely N-dealkylation sites (N-methyl/N-ethyl adjacent to an activating group) is 1. The molecule has 2 aromatic rings. The molecule has 0 radical (unpaired) electrons. The van der Waals surface area contributed by atoms with E-state index in [1.165, 1.54) is 11.3 Å². The zero-order valence-corrected chi connectivity index (χ0v) is 14.4. The van der Waals surface area contributed by atoms with Gasteiger partial charge in [0.1, 0.15) is 5.75 Å². The summed E-state index contributed by atoms with van der Waals surface area (Å²) in [5, 5.41) is 1.90. The first kappa shape index (κ1) is 15.2. The Morgan fingerprint density at radius 1 is 1.33 bits per heavy atom. The lowest BCUT2D eigenvalue weighted by molar-refractivity contribution is -0.122. The highest BCUT2D eigenvalue weighted by molar-refractivity contribution is 7.12. The molecule has 24 heavy (non-hydrogen) atoms. The number of fused-ring (bicyclic) bond motifs is 2. The van der Waals surface area contributed by atoms with Gasteiger partial charge in [-0.25, -0.2) is 0 Å². The second-order valence-corrected chi connectivity index (χ2v) is 7.23. The van der Waals surface area contributed by atoms with Crippen molar-refractivity contribution in [1.82, 2.24) is 4.90 Å². The van der Waals surface area contributed by atoms with E-state index in [0.717, 1.165) is 21.9 Å². The fourth-order valence-corrected chi connectivity index (χ4v) is 4.49. The molecule has 0 saturated carbocycles. The number of carbonyl (C=O) groups excluding carboxylic acids is 2. The number of thiophene rings is 1. The molecule has 124 valence electrons. The van der Waals surface area contributed by atoms with Crippen molar-refractivity contribution in [3.8, 4) is 5.75 Å². The van der Waals surface area contributed by atoms with Gasteiger partial charge >= 0.3 is 0 Å². The second-order valence-electron chi connectivity index (χ2n) is 6.28. The summed E-state index contributed by atoms with van der Waals surface area (Å²) in [4.78, 5) is 29.9. The minimum absolute atomic E-state index is 0.00803. The number of nitrogens with zero attached hydrogens (tertiary/aromatic N) is 2. The Morgan fingerprint density at radius 3 is 2.88 bits per heavy atom. The number of likely N-dealkylation sites (tertiary alicyclic amines) is 1. The molecule has 4 rings (SSSR count). The maximum atomic E-state index is 13.0. The molecule has 2 amide bonds. The minimum Gasteiger partial charge on any atom is -0.497 e. The predicted molar refractivity (Wildman–Crippen MR) is 92.9 cm³/mol. The van der Waals surface area contributed by atoms with E-state index in [0.29, 0.717) is 19.5 Å². The van der Waals surface area contributed by atoms with Gasteiger partial charge in [0.2, 0.25) is 5.91 Å². The molecule has 6 heteroatoms. The zero-order chi connectivity index (χ0) is 16.9. The smallest absolute Gasteiger partial charge is 0.263 e. The first-order valence-corrected chi connectivity index (χ1v) is 8.74. The molecule has 0 N–H and O–H groups in total. The Balaban J connectivity index is 1.72. The van der Waals surface area contributed by atoms with Crippen LogP contribution >= 0.6 is 11.3 Å². The van der Waals surface area contributed by atoms with Gasteiger partial charge in [0.05, 0.1) is 17.4 Å². The lowest BCUT2D eigenvalue weighted by atomic mass is 9.81. The number of hydrogen-bond acceptors (Lipinski definition) is 4. The third-order valence-corrected chi connectivity index (χ3v) is 5.94. The summed E-state index contributed by atoms with van der Waals surface area (Å²) in [5.74, 6) is 0.806. The summed E-state index contributed by atoms with van der Waals surface area (Å²) in [6.45, 7) is 1.01. The second kappa shape index (κ2) is 5.34. The van der Waals surface area contributed by atoms with Gasteiger partial charge in [-0.3, -0.25) is 9.59 Å². The summed E-state index contributed by atoms with van der Waals surface area (Å²) < 4.78 is 5.34. The molecule has 0 bridgehead atoms. The fraction of sp³-hybridized carbons (Fsp3) is 0.333. The first-order valence-electron chi connectivity index (χ1n) is 7.86. The standard InChI is InChI=1S/C18H18N2O3S/c1-19-14-6-5-12(23-2)10-13(14)18(17(19)22)7-8-20(11-18)16(21)15-4-3-9-24-15/h3-6,9-10H,7-8,11H2,1-2H3/t18-/m1/s1. The Hall–Kier alpha value is -2.34. The predicted octanol–water partition coefficient (Wildman–Crippen LogP) is 2.52. The van der Waals surface area contributed by atoms with Crippen molar-refractivity contribution in [3.05, 3.63) is 46.2 Å². The van der Waals surface area contributed by atoms with Crippen LogP contribution in [0.4, 0.5) is 5.69 Å².